The molecule has 6 heteroatoms. The van der Waals surface area contributed by atoms with Gasteiger partial charge in [0.2, 0.25) is 0 Å². The van der Waals surface area contributed by atoms with Crippen LogP contribution in [-0.4, -0.2) is 40.1 Å². The van der Waals surface area contributed by atoms with Crippen LogP contribution in [0.3, 0.4) is 0 Å². The molecule has 102 valence electrons. The molecule has 0 radical (unpaired) electrons. The van der Waals surface area contributed by atoms with Crippen molar-refractivity contribution >= 4 is 11.9 Å². The largest absolute Gasteiger partial charge is 0.481 e. The molecule has 0 unspecified atom stereocenters. The number of carbonyl (C=O) groups is 2. The zero-order valence-corrected chi connectivity index (χ0v) is 10.7. The van der Waals surface area contributed by atoms with Crippen LogP contribution in [0, 0.1) is 11.8 Å². The van der Waals surface area contributed by atoms with E-state index in [1.165, 1.54) is 0 Å². The minimum atomic E-state index is -0.846. The number of carboxylic acid groups (broad SMARTS) is 1. The smallest absolute Gasteiger partial charge is 0.308 e. The third-order valence-electron chi connectivity index (χ3n) is 3.94. The molecule has 1 aromatic rings. The van der Waals surface area contributed by atoms with Crippen LogP contribution in [0.2, 0.25) is 0 Å². The predicted octanol–water partition coefficient (Wildman–Crippen LogP) is 1.34. The Morgan fingerprint density at radius 1 is 1.42 bits per heavy atom. The van der Waals surface area contributed by atoms with Crippen molar-refractivity contribution in [3.63, 3.8) is 0 Å². The van der Waals surface area contributed by atoms with Gasteiger partial charge in [-0.1, -0.05) is 12.1 Å². The Bertz CT molecular complexity index is 520. The van der Waals surface area contributed by atoms with Crippen molar-refractivity contribution in [2.45, 2.75) is 25.7 Å². The summed E-state index contributed by atoms with van der Waals surface area (Å²) in [5, 5.41) is 12.9. The second-order valence-electron chi connectivity index (χ2n) is 5.52. The Balaban J connectivity index is 1.71. The van der Waals surface area contributed by atoms with Gasteiger partial charge in [0.05, 0.1) is 5.92 Å². The first-order valence-corrected chi connectivity index (χ1v) is 6.55. The van der Waals surface area contributed by atoms with Crippen LogP contribution in [0.1, 0.15) is 41.9 Å². The number of aliphatic carboxylic acids is 1. The molecule has 2 heterocycles. The van der Waals surface area contributed by atoms with Gasteiger partial charge < -0.3 is 14.5 Å². The van der Waals surface area contributed by atoms with Gasteiger partial charge >= 0.3 is 5.97 Å². The van der Waals surface area contributed by atoms with Crippen LogP contribution in [0.15, 0.2) is 10.6 Å². The van der Waals surface area contributed by atoms with E-state index in [0.717, 1.165) is 18.6 Å². The summed E-state index contributed by atoms with van der Waals surface area (Å²) in [6, 6.07) is 1.69. The first-order chi connectivity index (χ1) is 9.06. The lowest BCUT2D eigenvalue weighted by atomic mass is 9.99. The molecule has 2 fully saturated rings. The number of carbonyl (C=O) groups excluding carboxylic acids is 1. The molecule has 1 saturated heterocycles. The number of carboxylic acids is 1. The highest BCUT2D eigenvalue weighted by atomic mass is 16.5. The van der Waals surface area contributed by atoms with Crippen molar-refractivity contribution in [2.75, 3.05) is 13.1 Å². The highest BCUT2D eigenvalue weighted by molar-refractivity contribution is 5.93. The molecule has 1 aliphatic heterocycles. The first kappa shape index (κ1) is 12.2. The number of rotatable bonds is 3. The lowest BCUT2D eigenvalue weighted by Gasteiger charge is -2.13. The standard InChI is InChI=1S/C13H16N2O4/c1-7-5-15(6-9(7)13(17)18)12(16)10-4-11(19-14-10)8-2-3-8/h4,7-9H,2-3,5-6H2,1H3,(H,17,18)/t7-,9-/m1/s1. The number of hydrogen-bond donors (Lipinski definition) is 1. The number of aromatic nitrogens is 1. The number of hydrogen-bond acceptors (Lipinski definition) is 4. The second kappa shape index (κ2) is 4.36. The Morgan fingerprint density at radius 2 is 2.16 bits per heavy atom. The SMILES string of the molecule is C[C@@H]1CN(C(=O)c2cc(C3CC3)on2)C[C@H]1C(=O)O. The summed E-state index contributed by atoms with van der Waals surface area (Å²) in [6.07, 6.45) is 2.18. The minimum Gasteiger partial charge on any atom is -0.481 e. The lowest BCUT2D eigenvalue weighted by molar-refractivity contribution is -0.142. The van der Waals surface area contributed by atoms with Gasteiger partial charge in [-0.15, -0.1) is 0 Å². The molecule has 1 saturated carbocycles. The van der Waals surface area contributed by atoms with Gasteiger partial charge in [0.1, 0.15) is 5.76 Å². The minimum absolute atomic E-state index is 0.0312. The molecule has 0 spiro atoms. The van der Waals surface area contributed by atoms with Crippen molar-refractivity contribution in [2.24, 2.45) is 11.8 Å². The molecule has 1 aromatic heterocycles. The summed E-state index contributed by atoms with van der Waals surface area (Å²) in [5.74, 6) is -0.411. The molecule has 2 aliphatic rings. The molecular weight excluding hydrogens is 248 g/mol. The van der Waals surface area contributed by atoms with Crippen molar-refractivity contribution in [1.29, 1.82) is 0 Å². The maximum atomic E-state index is 12.2. The molecule has 1 aliphatic carbocycles. The van der Waals surface area contributed by atoms with E-state index < -0.39 is 11.9 Å². The average Bonchev–Trinajstić information content (AvgIpc) is 2.97. The van der Waals surface area contributed by atoms with Gasteiger partial charge in [-0.05, 0) is 18.8 Å². The number of likely N-dealkylation sites (tertiary alicyclic amines) is 1. The Labute approximate surface area is 110 Å². The van der Waals surface area contributed by atoms with Gasteiger partial charge in [-0.25, -0.2) is 0 Å². The van der Waals surface area contributed by atoms with Crippen molar-refractivity contribution in [3.05, 3.63) is 17.5 Å². The van der Waals surface area contributed by atoms with Crippen LogP contribution in [-0.2, 0) is 4.79 Å². The third-order valence-corrected chi connectivity index (χ3v) is 3.94. The number of amides is 1. The molecule has 2 atom stereocenters. The van der Waals surface area contributed by atoms with E-state index in [0.29, 0.717) is 18.2 Å². The maximum absolute atomic E-state index is 12.2. The Hall–Kier alpha value is -1.85. The van der Waals surface area contributed by atoms with E-state index >= 15 is 0 Å². The van der Waals surface area contributed by atoms with Crippen LogP contribution in [0.25, 0.3) is 0 Å². The fourth-order valence-electron chi connectivity index (χ4n) is 2.57. The summed E-state index contributed by atoms with van der Waals surface area (Å²) in [6.45, 7) is 2.56. The van der Waals surface area contributed by atoms with Gasteiger partial charge in [0.25, 0.3) is 5.91 Å². The van der Waals surface area contributed by atoms with E-state index in [1.807, 2.05) is 6.92 Å². The highest BCUT2D eigenvalue weighted by Gasteiger charge is 2.38. The van der Waals surface area contributed by atoms with Crippen molar-refractivity contribution in [3.8, 4) is 0 Å². The zero-order chi connectivity index (χ0) is 13.6. The highest BCUT2D eigenvalue weighted by Crippen LogP contribution is 2.40. The Morgan fingerprint density at radius 3 is 2.74 bits per heavy atom. The fraction of sp³-hybridized carbons (Fsp3) is 0.615. The second-order valence-corrected chi connectivity index (χ2v) is 5.52. The summed E-state index contributed by atoms with van der Waals surface area (Å²) in [5.41, 5.74) is 0.292. The summed E-state index contributed by atoms with van der Waals surface area (Å²) >= 11 is 0. The summed E-state index contributed by atoms with van der Waals surface area (Å²) in [7, 11) is 0. The summed E-state index contributed by atoms with van der Waals surface area (Å²) in [4.78, 5) is 24.8. The molecule has 1 amide bonds. The third kappa shape index (κ3) is 2.22. The molecule has 6 nitrogen and oxygen atoms in total. The van der Waals surface area contributed by atoms with E-state index in [4.69, 9.17) is 9.63 Å². The lowest BCUT2D eigenvalue weighted by Crippen LogP contribution is -2.30. The van der Waals surface area contributed by atoms with Gasteiger partial charge in [0.15, 0.2) is 5.69 Å². The van der Waals surface area contributed by atoms with E-state index in [1.54, 1.807) is 11.0 Å². The Kier molecular flexibility index (Phi) is 2.80. The van der Waals surface area contributed by atoms with Crippen LogP contribution < -0.4 is 0 Å². The van der Waals surface area contributed by atoms with Gasteiger partial charge in [-0.3, -0.25) is 9.59 Å². The zero-order valence-electron chi connectivity index (χ0n) is 10.7. The van der Waals surface area contributed by atoms with Crippen molar-refractivity contribution < 1.29 is 19.2 Å². The normalized spacial score (nSPS) is 26.7. The van der Waals surface area contributed by atoms with Crippen LogP contribution in [0.4, 0.5) is 0 Å². The first-order valence-electron chi connectivity index (χ1n) is 6.55. The summed E-state index contributed by atoms with van der Waals surface area (Å²) < 4.78 is 5.16. The quantitative estimate of drug-likeness (QED) is 0.890. The molecule has 3 rings (SSSR count). The average molecular weight is 264 g/mol. The molecule has 0 aromatic carbocycles. The molecule has 0 bridgehead atoms. The molecular formula is C13H16N2O4. The fourth-order valence-corrected chi connectivity index (χ4v) is 2.57. The van der Waals surface area contributed by atoms with Crippen molar-refractivity contribution in [1.82, 2.24) is 10.1 Å². The predicted molar refractivity (Wildman–Crippen MR) is 64.7 cm³/mol. The topological polar surface area (TPSA) is 83.6 Å². The molecule has 19 heavy (non-hydrogen) atoms. The van der Waals surface area contributed by atoms with Crippen LogP contribution >= 0.6 is 0 Å². The number of nitrogens with zero attached hydrogens (tertiary/aromatic N) is 2. The van der Waals surface area contributed by atoms with Gasteiger partial charge in [-0.2, -0.15) is 0 Å². The molecule has 1 N–H and O–H groups in total. The van der Waals surface area contributed by atoms with Crippen LogP contribution in [0.5, 0.6) is 0 Å². The monoisotopic (exact) mass is 264 g/mol. The van der Waals surface area contributed by atoms with E-state index in [9.17, 15) is 9.59 Å². The van der Waals surface area contributed by atoms with E-state index in [-0.39, 0.29) is 18.4 Å². The van der Waals surface area contributed by atoms with Gasteiger partial charge in [0, 0.05) is 25.1 Å². The van der Waals surface area contributed by atoms with E-state index in [2.05, 4.69) is 5.16 Å². The maximum Gasteiger partial charge on any atom is 0.308 e.